The van der Waals surface area contributed by atoms with Crippen LogP contribution in [0.25, 0.3) is 11.3 Å². The summed E-state index contributed by atoms with van der Waals surface area (Å²) in [6.45, 7) is 2.12. The molecule has 172 valence electrons. The third-order valence-corrected chi connectivity index (χ3v) is 5.83. The number of unbranched alkanes of at least 4 members (excludes halogenated alkanes) is 5. The zero-order valence-corrected chi connectivity index (χ0v) is 18.5. The van der Waals surface area contributed by atoms with Crippen LogP contribution in [0.15, 0.2) is 36.5 Å². The summed E-state index contributed by atoms with van der Waals surface area (Å²) in [5.41, 5.74) is 0.138. The van der Waals surface area contributed by atoms with Gasteiger partial charge in [0.2, 0.25) is 11.0 Å². The second-order valence-corrected chi connectivity index (χ2v) is 8.51. The molecule has 1 aromatic carbocycles. The molecule has 0 atom stereocenters. The van der Waals surface area contributed by atoms with E-state index in [2.05, 4.69) is 22.2 Å². The van der Waals surface area contributed by atoms with E-state index < -0.39 is 16.9 Å². The second-order valence-electron chi connectivity index (χ2n) is 7.56. The minimum Gasteiger partial charge on any atom is -0.493 e. The highest BCUT2D eigenvalue weighted by Crippen LogP contribution is 2.36. The van der Waals surface area contributed by atoms with E-state index >= 15 is 0 Å². The van der Waals surface area contributed by atoms with Crippen molar-refractivity contribution in [1.82, 2.24) is 9.97 Å². The van der Waals surface area contributed by atoms with E-state index in [0.717, 1.165) is 38.2 Å². The molecule has 9 heteroatoms. The summed E-state index contributed by atoms with van der Waals surface area (Å²) in [5.74, 6) is -0.205. The van der Waals surface area contributed by atoms with Crippen molar-refractivity contribution in [3.63, 3.8) is 0 Å². The van der Waals surface area contributed by atoms with Crippen molar-refractivity contribution in [3.8, 4) is 17.1 Å². The summed E-state index contributed by atoms with van der Waals surface area (Å²) in [4.78, 5) is 7.83. The maximum absolute atomic E-state index is 14.3. The number of aromatic nitrogens is 2. The van der Waals surface area contributed by atoms with Gasteiger partial charge in [-0.05, 0) is 36.6 Å². The van der Waals surface area contributed by atoms with Gasteiger partial charge >= 0.3 is 6.18 Å². The van der Waals surface area contributed by atoms with Gasteiger partial charge in [0.1, 0.15) is 5.69 Å². The van der Waals surface area contributed by atoms with Crippen molar-refractivity contribution in [2.75, 3.05) is 5.32 Å². The summed E-state index contributed by atoms with van der Waals surface area (Å²) in [6, 6.07) is 6.85. The van der Waals surface area contributed by atoms with Gasteiger partial charge in [-0.15, -0.1) is 0 Å². The Bertz CT molecular complexity index is 1020. The molecule has 0 aliphatic heterocycles. The van der Waals surface area contributed by atoms with Crippen LogP contribution in [0.1, 0.15) is 56.6 Å². The van der Waals surface area contributed by atoms with Gasteiger partial charge in [-0.2, -0.15) is 17.6 Å². The first-order valence-corrected chi connectivity index (χ1v) is 11.4. The normalized spacial score (nSPS) is 11.7. The van der Waals surface area contributed by atoms with E-state index in [1.54, 1.807) is 6.07 Å². The Morgan fingerprint density at radius 3 is 2.47 bits per heavy atom. The van der Waals surface area contributed by atoms with Crippen molar-refractivity contribution in [3.05, 3.63) is 52.8 Å². The van der Waals surface area contributed by atoms with Gasteiger partial charge in [-0.25, -0.2) is 9.97 Å². The number of nitrogens with zero attached hydrogens (tertiary/aromatic N) is 2. The van der Waals surface area contributed by atoms with Crippen LogP contribution in [0.5, 0.6) is 5.88 Å². The molecule has 2 N–H and O–H groups in total. The van der Waals surface area contributed by atoms with Gasteiger partial charge in [0, 0.05) is 23.5 Å². The number of hydrogen-bond donors (Lipinski definition) is 2. The molecule has 0 radical (unpaired) electrons. The Kier molecular flexibility index (Phi) is 8.06. The molecule has 3 rings (SSSR count). The van der Waals surface area contributed by atoms with Crippen molar-refractivity contribution in [2.45, 2.75) is 58.0 Å². The lowest BCUT2D eigenvalue weighted by molar-refractivity contribution is -0.138. The fraction of sp³-hybridized carbons (Fsp3) is 0.391. The van der Waals surface area contributed by atoms with Crippen LogP contribution < -0.4 is 5.32 Å². The molecule has 0 saturated heterocycles. The zero-order valence-electron chi connectivity index (χ0n) is 17.7. The molecule has 0 bridgehead atoms. The van der Waals surface area contributed by atoms with E-state index in [9.17, 15) is 22.7 Å². The predicted octanol–water partition coefficient (Wildman–Crippen LogP) is 7.72. The number of alkyl halides is 3. The number of aromatic hydroxyl groups is 1. The van der Waals surface area contributed by atoms with Gasteiger partial charge in [0.25, 0.3) is 0 Å². The molecule has 0 aliphatic rings. The molecule has 4 nitrogen and oxygen atoms in total. The molecule has 0 unspecified atom stereocenters. The Morgan fingerprint density at radius 1 is 1.03 bits per heavy atom. The molecular formula is C23H25F4N3OS. The minimum atomic E-state index is -4.48. The molecule has 0 spiro atoms. The van der Waals surface area contributed by atoms with Gasteiger partial charge in [-0.1, -0.05) is 56.4 Å². The van der Waals surface area contributed by atoms with Crippen LogP contribution in [0, 0.1) is 5.13 Å². The monoisotopic (exact) mass is 467 g/mol. The maximum atomic E-state index is 14.3. The second kappa shape index (κ2) is 10.8. The highest BCUT2D eigenvalue weighted by molar-refractivity contribution is 7.14. The number of halogens is 4. The highest BCUT2D eigenvalue weighted by atomic mass is 32.1. The first-order chi connectivity index (χ1) is 15.3. The quantitative estimate of drug-likeness (QED) is 0.237. The lowest BCUT2D eigenvalue weighted by atomic mass is 9.99. The molecule has 32 heavy (non-hydrogen) atoms. The molecular weight excluding hydrogens is 442 g/mol. The summed E-state index contributed by atoms with van der Waals surface area (Å²) < 4.78 is 55.2. The van der Waals surface area contributed by atoms with Crippen molar-refractivity contribution in [1.29, 1.82) is 0 Å². The van der Waals surface area contributed by atoms with E-state index in [-0.39, 0.29) is 28.0 Å². The van der Waals surface area contributed by atoms with Crippen LogP contribution in [0.3, 0.4) is 0 Å². The Morgan fingerprint density at radius 2 is 1.78 bits per heavy atom. The predicted molar refractivity (Wildman–Crippen MR) is 119 cm³/mol. The van der Waals surface area contributed by atoms with Gasteiger partial charge in [0.15, 0.2) is 5.13 Å². The first-order valence-electron chi connectivity index (χ1n) is 10.6. The Labute approximate surface area is 188 Å². The SMILES string of the molecule is CCCCCCCCc1ccc(Nc2nc(-c3ccc(O)nc3)c(F)s2)cc1C(F)(F)F. The molecule has 2 aromatic heterocycles. The molecule has 2 heterocycles. The third-order valence-electron chi connectivity index (χ3n) is 5.07. The number of rotatable bonds is 10. The van der Waals surface area contributed by atoms with Crippen molar-refractivity contribution < 1.29 is 22.7 Å². The standard InChI is InChI=1S/C23H25F4N3OS/c1-2-3-4-5-6-7-8-15-9-11-17(13-18(15)23(25,26)27)29-22-30-20(21(24)32-22)16-10-12-19(31)28-14-16/h9-14H,2-8H2,1H3,(H,28,31)(H,29,30). The smallest absolute Gasteiger partial charge is 0.416 e. The zero-order chi connectivity index (χ0) is 23.1. The third kappa shape index (κ3) is 6.41. The number of anilines is 2. The fourth-order valence-corrected chi connectivity index (χ4v) is 4.15. The molecule has 0 aliphatic carbocycles. The summed E-state index contributed by atoms with van der Waals surface area (Å²) >= 11 is 0.689. The van der Waals surface area contributed by atoms with Crippen LogP contribution >= 0.6 is 11.3 Å². The number of thiazole rings is 1. The number of nitrogens with one attached hydrogen (secondary N) is 1. The van der Waals surface area contributed by atoms with Gasteiger partial charge < -0.3 is 10.4 Å². The van der Waals surface area contributed by atoms with Crippen molar-refractivity contribution >= 4 is 22.2 Å². The first kappa shape index (κ1) is 24.0. The van der Waals surface area contributed by atoms with Crippen LogP contribution in [0.4, 0.5) is 28.4 Å². The summed E-state index contributed by atoms with van der Waals surface area (Å²) in [6.07, 6.45) is 3.19. The van der Waals surface area contributed by atoms with Crippen LogP contribution in [-0.4, -0.2) is 15.1 Å². The van der Waals surface area contributed by atoms with Gasteiger partial charge in [0.05, 0.1) is 5.56 Å². The van der Waals surface area contributed by atoms with Crippen LogP contribution in [-0.2, 0) is 12.6 Å². The highest BCUT2D eigenvalue weighted by Gasteiger charge is 2.33. The number of benzene rings is 1. The topological polar surface area (TPSA) is 58.0 Å². The Hall–Kier alpha value is -2.68. The minimum absolute atomic E-state index is 0.0146. The van der Waals surface area contributed by atoms with E-state index in [1.165, 1.54) is 24.4 Å². The van der Waals surface area contributed by atoms with Crippen LogP contribution in [0.2, 0.25) is 0 Å². The fourth-order valence-electron chi connectivity index (χ4n) is 3.41. The van der Waals surface area contributed by atoms with Gasteiger partial charge in [-0.3, -0.25) is 0 Å². The average molecular weight is 468 g/mol. The molecule has 0 saturated carbocycles. The number of pyridine rings is 1. The van der Waals surface area contributed by atoms with E-state index in [1.807, 2.05) is 0 Å². The molecule has 0 fully saturated rings. The molecule has 3 aromatic rings. The van der Waals surface area contributed by atoms with E-state index in [4.69, 9.17) is 0 Å². The van der Waals surface area contributed by atoms with Crippen molar-refractivity contribution in [2.24, 2.45) is 0 Å². The summed E-state index contributed by atoms with van der Waals surface area (Å²) in [7, 11) is 0. The number of hydrogen-bond acceptors (Lipinski definition) is 5. The maximum Gasteiger partial charge on any atom is 0.416 e. The number of aryl methyl sites for hydroxylation is 1. The summed E-state index contributed by atoms with van der Waals surface area (Å²) in [5, 5.41) is 11.6. The lowest BCUT2D eigenvalue weighted by Crippen LogP contribution is -2.10. The Balaban J connectivity index is 1.73. The average Bonchev–Trinajstić information content (AvgIpc) is 3.11. The largest absolute Gasteiger partial charge is 0.493 e. The molecule has 0 amide bonds. The van der Waals surface area contributed by atoms with E-state index in [0.29, 0.717) is 29.7 Å². The lowest BCUT2D eigenvalue weighted by Gasteiger charge is -2.15.